The van der Waals surface area contributed by atoms with Gasteiger partial charge in [-0.3, -0.25) is 0 Å². The first-order chi connectivity index (χ1) is 9.56. The van der Waals surface area contributed by atoms with Crippen LogP contribution in [0, 0.1) is 13.8 Å². The summed E-state index contributed by atoms with van der Waals surface area (Å²) in [5, 5.41) is 9.26. The Bertz CT molecular complexity index is 673. The van der Waals surface area contributed by atoms with E-state index in [0.717, 1.165) is 0 Å². The van der Waals surface area contributed by atoms with Crippen LogP contribution >= 0.6 is 0 Å². The molecule has 0 aromatic carbocycles. The number of carboxylic acids is 1. The first kappa shape index (κ1) is 16.0. The molecule has 0 saturated carbocycles. The minimum Gasteiger partial charge on any atom is -0.478 e. The zero-order chi connectivity index (χ0) is 16.0. The molecule has 118 valence electrons. The van der Waals surface area contributed by atoms with Gasteiger partial charge in [0.15, 0.2) is 0 Å². The molecule has 0 radical (unpaired) electrons. The van der Waals surface area contributed by atoms with E-state index in [1.165, 1.54) is 18.2 Å². The third kappa shape index (κ3) is 2.83. The maximum Gasteiger partial charge on any atom is 0.340 e. The second-order valence-electron chi connectivity index (χ2n) is 5.67. The van der Waals surface area contributed by atoms with Crippen LogP contribution in [-0.2, 0) is 14.8 Å². The minimum absolute atomic E-state index is 0.0890. The monoisotopic (exact) mass is 317 g/mol. The van der Waals surface area contributed by atoms with Crippen molar-refractivity contribution in [3.63, 3.8) is 0 Å². The average molecular weight is 317 g/mol. The van der Waals surface area contributed by atoms with Gasteiger partial charge in [-0.2, -0.15) is 4.31 Å². The van der Waals surface area contributed by atoms with Gasteiger partial charge >= 0.3 is 5.97 Å². The number of furan rings is 1. The van der Waals surface area contributed by atoms with Crippen molar-refractivity contribution < 1.29 is 27.5 Å². The van der Waals surface area contributed by atoms with Crippen molar-refractivity contribution in [2.75, 3.05) is 19.7 Å². The van der Waals surface area contributed by atoms with Gasteiger partial charge in [0.1, 0.15) is 22.0 Å². The summed E-state index contributed by atoms with van der Waals surface area (Å²) >= 11 is 0. The lowest BCUT2D eigenvalue weighted by atomic mass is 10.1. The van der Waals surface area contributed by atoms with E-state index in [1.807, 2.05) is 0 Å². The maximum absolute atomic E-state index is 12.8. The molecule has 21 heavy (non-hydrogen) atoms. The Labute approximate surface area is 123 Å². The molecular formula is C13H19NO6S. The van der Waals surface area contributed by atoms with E-state index in [4.69, 9.17) is 9.15 Å². The Hall–Kier alpha value is -1.38. The predicted molar refractivity (Wildman–Crippen MR) is 73.9 cm³/mol. The van der Waals surface area contributed by atoms with Gasteiger partial charge < -0.3 is 14.3 Å². The molecule has 1 aromatic rings. The van der Waals surface area contributed by atoms with Gasteiger partial charge in [0.2, 0.25) is 10.0 Å². The van der Waals surface area contributed by atoms with Gasteiger partial charge in [-0.25, -0.2) is 13.2 Å². The van der Waals surface area contributed by atoms with Crippen molar-refractivity contribution >= 4 is 16.0 Å². The first-order valence-corrected chi connectivity index (χ1v) is 7.97. The summed E-state index contributed by atoms with van der Waals surface area (Å²) in [7, 11) is -3.94. The van der Waals surface area contributed by atoms with Crippen LogP contribution in [0.1, 0.15) is 35.7 Å². The van der Waals surface area contributed by atoms with Crippen molar-refractivity contribution in [1.82, 2.24) is 4.31 Å². The van der Waals surface area contributed by atoms with Crippen LogP contribution in [0.15, 0.2) is 9.31 Å². The van der Waals surface area contributed by atoms with Crippen LogP contribution < -0.4 is 0 Å². The molecule has 1 aromatic heterocycles. The first-order valence-electron chi connectivity index (χ1n) is 6.53. The van der Waals surface area contributed by atoms with Crippen LogP contribution in [0.4, 0.5) is 0 Å². The largest absolute Gasteiger partial charge is 0.478 e. The standard InChI is InChI=1S/C13H19NO6S/c1-8-10(12(15)16)11(9(2)20-8)21(17,18)14-5-6-19-13(3,4)7-14/h5-7H2,1-4H3,(H,15,16). The van der Waals surface area contributed by atoms with Crippen molar-refractivity contribution in [2.45, 2.75) is 38.2 Å². The number of carboxylic acid groups (broad SMARTS) is 1. The molecule has 1 saturated heterocycles. The zero-order valence-corrected chi connectivity index (χ0v) is 13.3. The topological polar surface area (TPSA) is 97.0 Å². The highest BCUT2D eigenvalue weighted by Crippen LogP contribution is 2.31. The molecule has 0 unspecified atom stereocenters. The number of hydrogen-bond acceptors (Lipinski definition) is 5. The van der Waals surface area contributed by atoms with Crippen LogP contribution in [0.25, 0.3) is 0 Å². The Morgan fingerprint density at radius 2 is 1.90 bits per heavy atom. The summed E-state index contributed by atoms with van der Waals surface area (Å²) in [5.74, 6) is -1.13. The third-order valence-electron chi connectivity index (χ3n) is 3.41. The second kappa shape index (κ2) is 5.11. The Morgan fingerprint density at radius 3 is 2.43 bits per heavy atom. The van der Waals surface area contributed by atoms with Gasteiger partial charge in [-0.1, -0.05) is 0 Å². The van der Waals surface area contributed by atoms with Gasteiger partial charge in [-0.05, 0) is 27.7 Å². The highest BCUT2D eigenvalue weighted by Gasteiger charge is 2.39. The predicted octanol–water partition coefficient (Wildman–Crippen LogP) is 1.39. The fourth-order valence-corrected chi connectivity index (χ4v) is 4.48. The minimum atomic E-state index is -3.94. The van der Waals surface area contributed by atoms with Crippen LogP contribution in [0.2, 0.25) is 0 Å². The molecule has 7 nitrogen and oxygen atoms in total. The van der Waals surface area contributed by atoms with Gasteiger partial charge in [0.05, 0.1) is 12.2 Å². The summed E-state index contributed by atoms with van der Waals surface area (Å²) in [6, 6.07) is 0. The van der Waals surface area contributed by atoms with Crippen molar-refractivity contribution in [3.8, 4) is 0 Å². The van der Waals surface area contributed by atoms with Crippen molar-refractivity contribution in [2.24, 2.45) is 0 Å². The molecule has 0 spiro atoms. The van der Waals surface area contributed by atoms with Crippen LogP contribution in [0.3, 0.4) is 0 Å². The Morgan fingerprint density at radius 1 is 1.29 bits per heavy atom. The lowest BCUT2D eigenvalue weighted by molar-refractivity contribution is -0.0640. The number of nitrogens with zero attached hydrogens (tertiary/aromatic N) is 1. The molecule has 8 heteroatoms. The number of ether oxygens (including phenoxy) is 1. The summed E-state index contributed by atoms with van der Waals surface area (Å²) in [6.45, 7) is 7.11. The Kier molecular flexibility index (Phi) is 3.90. The van der Waals surface area contributed by atoms with Crippen LogP contribution in [0.5, 0.6) is 0 Å². The number of aromatic carboxylic acids is 1. The normalized spacial score (nSPS) is 19.6. The highest BCUT2D eigenvalue weighted by atomic mass is 32.2. The summed E-state index contributed by atoms with van der Waals surface area (Å²) in [6.07, 6.45) is 0. The fourth-order valence-electron chi connectivity index (χ4n) is 2.53. The maximum atomic E-state index is 12.8. The van der Waals surface area contributed by atoms with E-state index in [2.05, 4.69) is 0 Å². The van der Waals surface area contributed by atoms with E-state index in [-0.39, 0.29) is 41.7 Å². The SMILES string of the molecule is Cc1oc(C)c(S(=O)(=O)N2CCOC(C)(C)C2)c1C(=O)O. The molecule has 2 rings (SSSR count). The van der Waals surface area contributed by atoms with Gasteiger partial charge in [0.25, 0.3) is 0 Å². The molecule has 1 aliphatic rings. The third-order valence-corrected chi connectivity index (χ3v) is 5.41. The smallest absolute Gasteiger partial charge is 0.340 e. The number of sulfonamides is 1. The Balaban J connectivity index is 2.52. The van der Waals surface area contributed by atoms with E-state index in [1.54, 1.807) is 13.8 Å². The molecular weight excluding hydrogens is 298 g/mol. The van der Waals surface area contributed by atoms with Crippen molar-refractivity contribution in [3.05, 3.63) is 17.1 Å². The summed E-state index contributed by atoms with van der Waals surface area (Å²) in [5.41, 5.74) is -0.904. The molecule has 1 fully saturated rings. The van der Waals surface area contributed by atoms with Crippen molar-refractivity contribution in [1.29, 1.82) is 0 Å². The van der Waals surface area contributed by atoms with Gasteiger partial charge in [0, 0.05) is 13.1 Å². The number of hydrogen-bond donors (Lipinski definition) is 1. The zero-order valence-electron chi connectivity index (χ0n) is 12.5. The van der Waals surface area contributed by atoms with Gasteiger partial charge in [-0.15, -0.1) is 0 Å². The molecule has 1 aliphatic heterocycles. The summed E-state index contributed by atoms with van der Waals surface area (Å²) in [4.78, 5) is 11.1. The fraction of sp³-hybridized carbons (Fsp3) is 0.615. The van der Waals surface area contributed by atoms with E-state index in [0.29, 0.717) is 0 Å². The molecule has 0 atom stereocenters. The second-order valence-corrected chi connectivity index (χ2v) is 7.55. The molecule has 0 amide bonds. The average Bonchev–Trinajstić information content (AvgIpc) is 2.63. The highest BCUT2D eigenvalue weighted by molar-refractivity contribution is 7.89. The van der Waals surface area contributed by atoms with Crippen LogP contribution in [-0.4, -0.2) is 49.1 Å². The molecule has 2 heterocycles. The number of carbonyl (C=O) groups is 1. The molecule has 0 bridgehead atoms. The number of aryl methyl sites for hydroxylation is 2. The van der Waals surface area contributed by atoms with E-state index in [9.17, 15) is 18.3 Å². The summed E-state index contributed by atoms with van der Waals surface area (Å²) < 4.78 is 37.5. The molecule has 0 aliphatic carbocycles. The van der Waals surface area contributed by atoms with E-state index >= 15 is 0 Å². The lowest BCUT2D eigenvalue weighted by Crippen LogP contribution is -2.50. The molecule has 1 N–H and O–H groups in total. The number of morpholine rings is 1. The number of rotatable bonds is 3. The lowest BCUT2D eigenvalue weighted by Gasteiger charge is -2.37. The quantitative estimate of drug-likeness (QED) is 0.905. The van der Waals surface area contributed by atoms with E-state index < -0.39 is 21.6 Å².